The van der Waals surface area contributed by atoms with Gasteiger partial charge in [-0.05, 0) is 54.5 Å². The predicted molar refractivity (Wildman–Crippen MR) is 118 cm³/mol. The van der Waals surface area contributed by atoms with Gasteiger partial charge < -0.3 is 15.0 Å². The van der Waals surface area contributed by atoms with E-state index in [0.717, 1.165) is 36.4 Å². The Bertz CT molecular complexity index is 833. The van der Waals surface area contributed by atoms with E-state index in [0.29, 0.717) is 24.9 Å². The van der Waals surface area contributed by atoms with E-state index in [-0.39, 0.29) is 6.03 Å². The van der Waals surface area contributed by atoms with Crippen molar-refractivity contribution in [1.29, 1.82) is 0 Å². The highest BCUT2D eigenvalue weighted by atomic mass is 16.5. The van der Waals surface area contributed by atoms with Crippen LogP contribution in [0.3, 0.4) is 0 Å². The Labute approximate surface area is 173 Å². The largest absolute Gasteiger partial charge is 0.494 e. The first-order valence-electron chi connectivity index (χ1n) is 10.4. The number of likely N-dealkylation sites (tertiary alicyclic amines) is 1. The lowest BCUT2D eigenvalue weighted by Gasteiger charge is -2.33. The number of ether oxygens (including phenoxy) is 1. The molecule has 2 heterocycles. The second kappa shape index (κ2) is 10.1. The zero-order valence-corrected chi connectivity index (χ0v) is 17.6. The van der Waals surface area contributed by atoms with E-state index in [2.05, 4.69) is 49.3 Å². The minimum absolute atomic E-state index is 0.0653. The van der Waals surface area contributed by atoms with Crippen LogP contribution >= 0.6 is 0 Å². The number of carbonyl (C=O) groups excluding carboxylic acids is 1. The van der Waals surface area contributed by atoms with Crippen LogP contribution in [0.1, 0.15) is 39.2 Å². The Morgan fingerprint density at radius 3 is 2.93 bits per heavy atom. The summed E-state index contributed by atoms with van der Waals surface area (Å²) in [6, 6.07) is 11.9. The highest BCUT2D eigenvalue weighted by Gasteiger charge is 2.24. The molecule has 5 heteroatoms. The standard InChI is InChI=1S/C24H31N3O2/c1-18(2)10-13-29-23-8-4-6-20(15-23)14-21-9-12-27(17-19(21)3)24(28)26-22-7-5-11-25-16-22/h4-8,11,14-16,18-19H,9-10,12-13,17H2,1-3H3,(H,26,28)/b21-14+. The highest BCUT2D eigenvalue weighted by Crippen LogP contribution is 2.26. The zero-order chi connectivity index (χ0) is 20.6. The summed E-state index contributed by atoms with van der Waals surface area (Å²) in [5.74, 6) is 1.87. The van der Waals surface area contributed by atoms with Crippen molar-refractivity contribution in [1.82, 2.24) is 9.88 Å². The molecule has 1 aromatic heterocycles. The van der Waals surface area contributed by atoms with Crippen molar-refractivity contribution in [2.45, 2.75) is 33.6 Å². The number of pyridine rings is 1. The van der Waals surface area contributed by atoms with Crippen LogP contribution in [0.15, 0.2) is 54.4 Å². The van der Waals surface area contributed by atoms with Crippen LogP contribution in [0.4, 0.5) is 10.5 Å². The van der Waals surface area contributed by atoms with Gasteiger partial charge in [-0.25, -0.2) is 4.79 Å². The summed E-state index contributed by atoms with van der Waals surface area (Å²) < 4.78 is 5.88. The molecule has 3 rings (SSSR count). The van der Waals surface area contributed by atoms with Gasteiger partial charge in [-0.2, -0.15) is 0 Å². The molecule has 2 aromatic rings. The molecule has 0 radical (unpaired) electrons. The fourth-order valence-corrected chi connectivity index (χ4v) is 3.41. The molecule has 1 atom stereocenters. The molecule has 0 saturated carbocycles. The van der Waals surface area contributed by atoms with E-state index in [9.17, 15) is 4.79 Å². The number of urea groups is 1. The SMILES string of the molecule is CC(C)CCOc1cccc(/C=C2\CCN(C(=O)Nc3cccnc3)CC2C)c1. The average Bonchev–Trinajstić information content (AvgIpc) is 2.70. The maximum absolute atomic E-state index is 12.5. The molecular weight excluding hydrogens is 362 g/mol. The number of nitrogens with zero attached hydrogens (tertiary/aromatic N) is 2. The number of nitrogens with one attached hydrogen (secondary N) is 1. The lowest BCUT2D eigenvalue weighted by Crippen LogP contribution is -2.42. The third-order valence-corrected chi connectivity index (χ3v) is 5.17. The van der Waals surface area contributed by atoms with Gasteiger partial charge in [0.05, 0.1) is 18.5 Å². The maximum Gasteiger partial charge on any atom is 0.321 e. The summed E-state index contributed by atoms with van der Waals surface area (Å²) in [5.41, 5.74) is 3.25. The van der Waals surface area contributed by atoms with Crippen molar-refractivity contribution in [2.75, 3.05) is 25.0 Å². The Morgan fingerprint density at radius 1 is 1.34 bits per heavy atom. The lowest BCUT2D eigenvalue weighted by molar-refractivity contribution is 0.198. The third-order valence-electron chi connectivity index (χ3n) is 5.17. The van der Waals surface area contributed by atoms with Crippen LogP contribution in [0, 0.1) is 11.8 Å². The molecule has 1 N–H and O–H groups in total. The molecule has 29 heavy (non-hydrogen) atoms. The van der Waals surface area contributed by atoms with Crippen molar-refractivity contribution in [3.05, 3.63) is 59.9 Å². The van der Waals surface area contributed by atoms with E-state index in [1.54, 1.807) is 12.4 Å². The number of carbonyl (C=O) groups is 1. The Morgan fingerprint density at radius 2 is 2.21 bits per heavy atom. The first kappa shape index (κ1) is 20.9. The Hall–Kier alpha value is -2.82. The molecule has 1 fully saturated rings. The van der Waals surface area contributed by atoms with Crippen LogP contribution in [0.5, 0.6) is 5.75 Å². The molecule has 1 aliphatic rings. The van der Waals surface area contributed by atoms with Crippen molar-refractivity contribution in [2.24, 2.45) is 11.8 Å². The van der Waals surface area contributed by atoms with Gasteiger partial charge in [-0.1, -0.05) is 44.6 Å². The van der Waals surface area contributed by atoms with Gasteiger partial charge in [-0.3, -0.25) is 4.98 Å². The van der Waals surface area contributed by atoms with E-state index < -0.39 is 0 Å². The van der Waals surface area contributed by atoms with Crippen molar-refractivity contribution >= 4 is 17.8 Å². The number of rotatable bonds is 6. The summed E-state index contributed by atoms with van der Waals surface area (Å²) >= 11 is 0. The quantitative estimate of drug-likeness (QED) is 0.709. The first-order chi connectivity index (χ1) is 14.0. The number of hydrogen-bond acceptors (Lipinski definition) is 3. The molecule has 1 aromatic carbocycles. The highest BCUT2D eigenvalue weighted by molar-refractivity contribution is 5.89. The fourth-order valence-electron chi connectivity index (χ4n) is 3.41. The minimum atomic E-state index is -0.0653. The van der Waals surface area contributed by atoms with Gasteiger partial charge in [0, 0.05) is 19.3 Å². The van der Waals surface area contributed by atoms with Crippen LogP contribution in [0.25, 0.3) is 6.08 Å². The smallest absolute Gasteiger partial charge is 0.321 e. The van der Waals surface area contributed by atoms with Crippen molar-refractivity contribution < 1.29 is 9.53 Å². The number of piperidine rings is 1. The van der Waals surface area contributed by atoms with Gasteiger partial charge in [0.2, 0.25) is 0 Å². The molecule has 0 aliphatic carbocycles. The van der Waals surface area contributed by atoms with Crippen molar-refractivity contribution in [3.63, 3.8) is 0 Å². The normalized spacial score (nSPS) is 18.1. The zero-order valence-electron chi connectivity index (χ0n) is 17.6. The van der Waals surface area contributed by atoms with Crippen LogP contribution in [0.2, 0.25) is 0 Å². The van der Waals surface area contributed by atoms with E-state index >= 15 is 0 Å². The predicted octanol–water partition coefficient (Wildman–Crippen LogP) is 5.46. The van der Waals surface area contributed by atoms with Crippen LogP contribution in [-0.4, -0.2) is 35.6 Å². The average molecular weight is 394 g/mol. The maximum atomic E-state index is 12.5. The first-order valence-corrected chi connectivity index (χ1v) is 10.4. The third kappa shape index (κ3) is 6.34. The van der Waals surface area contributed by atoms with E-state index in [1.807, 2.05) is 29.2 Å². The summed E-state index contributed by atoms with van der Waals surface area (Å²) in [6.07, 6.45) is 7.53. The fraction of sp³-hybridized carbons (Fsp3) is 0.417. The van der Waals surface area contributed by atoms with Crippen LogP contribution < -0.4 is 10.1 Å². The second-order valence-electron chi connectivity index (χ2n) is 8.09. The van der Waals surface area contributed by atoms with Crippen molar-refractivity contribution in [3.8, 4) is 5.75 Å². The molecule has 1 aliphatic heterocycles. The molecule has 0 spiro atoms. The summed E-state index contributed by atoms with van der Waals surface area (Å²) in [4.78, 5) is 18.4. The van der Waals surface area contributed by atoms with Crippen LogP contribution in [-0.2, 0) is 0 Å². The number of benzene rings is 1. The van der Waals surface area contributed by atoms with Gasteiger partial charge in [-0.15, -0.1) is 0 Å². The minimum Gasteiger partial charge on any atom is -0.494 e. The second-order valence-corrected chi connectivity index (χ2v) is 8.09. The van der Waals surface area contributed by atoms with E-state index in [4.69, 9.17) is 4.74 Å². The lowest BCUT2D eigenvalue weighted by atomic mass is 9.91. The monoisotopic (exact) mass is 393 g/mol. The van der Waals surface area contributed by atoms with Gasteiger partial charge in [0.15, 0.2) is 0 Å². The molecule has 2 amide bonds. The molecule has 0 bridgehead atoms. The number of amides is 2. The van der Waals surface area contributed by atoms with Gasteiger partial charge in [0.1, 0.15) is 5.75 Å². The van der Waals surface area contributed by atoms with Gasteiger partial charge in [0.25, 0.3) is 0 Å². The number of aromatic nitrogens is 1. The molecule has 1 saturated heterocycles. The summed E-state index contributed by atoms with van der Waals surface area (Å²) in [6.45, 7) is 8.76. The number of anilines is 1. The molecule has 1 unspecified atom stereocenters. The van der Waals surface area contributed by atoms with Gasteiger partial charge >= 0.3 is 6.03 Å². The number of hydrogen-bond donors (Lipinski definition) is 1. The summed E-state index contributed by atoms with van der Waals surface area (Å²) in [5, 5.41) is 2.92. The van der Waals surface area contributed by atoms with E-state index in [1.165, 1.54) is 5.57 Å². The molecule has 5 nitrogen and oxygen atoms in total. The Kier molecular flexibility index (Phi) is 7.28. The molecular formula is C24H31N3O2. The Balaban J connectivity index is 1.57. The summed E-state index contributed by atoms with van der Waals surface area (Å²) in [7, 11) is 0. The topological polar surface area (TPSA) is 54.5 Å². The molecule has 154 valence electrons.